The van der Waals surface area contributed by atoms with Crippen LogP contribution in [0.1, 0.15) is 53.4 Å². The van der Waals surface area contributed by atoms with Crippen molar-refractivity contribution >= 4 is 10.0 Å². The maximum absolute atomic E-state index is 12.0. The Morgan fingerprint density at radius 3 is 2.50 bits per heavy atom. The monoisotopic (exact) mass is 276 g/mol. The van der Waals surface area contributed by atoms with E-state index in [9.17, 15) is 8.42 Å². The molecule has 0 aromatic carbocycles. The van der Waals surface area contributed by atoms with Gasteiger partial charge in [0.25, 0.3) is 0 Å². The zero-order chi connectivity index (χ0) is 13.8. The maximum atomic E-state index is 12.0. The van der Waals surface area contributed by atoms with E-state index in [1.807, 2.05) is 0 Å². The second kappa shape index (κ2) is 6.35. The Morgan fingerprint density at radius 2 is 2.00 bits per heavy atom. The Labute approximate surface area is 112 Å². The summed E-state index contributed by atoms with van der Waals surface area (Å²) >= 11 is 0. The van der Waals surface area contributed by atoms with Gasteiger partial charge < -0.3 is 5.32 Å². The SMILES string of the molecule is CC(C)NCCCS(=O)(=O)NC1CCCC1(C)C. The van der Waals surface area contributed by atoms with E-state index in [-0.39, 0.29) is 17.2 Å². The van der Waals surface area contributed by atoms with Crippen molar-refractivity contribution in [2.24, 2.45) is 5.41 Å². The van der Waals surface area contributed by atoms with Crippen LogP contribution < -0.4 is 10.0 Å². The van der Waals surface area contributed by atoms with Crippen molar-refractivity contribution < 1.29 is 8.42 Å². The average Bonchev–Trinajstić information content (AvgIpc) is 2.52. The molecule has 1 atom stereocenters. The van der Waals surface area contributed by atoms with Crippen molar-refractivity contribution in [3.8, 4) is 0 Å². The van der Waals surface area contributed by atoms with E-state index < -0.39 is 10.0 Å². The lowest BCUT2D eigenvalue weighted by molar-refractivity contribution is 0.313. The molecule has 0 bridgehead atoms. The fraction of sp³-hybridized carbons (Fsp3) is 1.00. The first kappa shape index (κ1) is 15.9. The van der Waals surface area contributed by atoms with Crippen LogP contribution in [-0.4, -0.2) is 32.8 Å². The molecule has 0 heterocycles. The lowest BCUT2D eigenvalue weighted by Gasteiger charge is -2.27. The van der Waals surface area contributed by atoms with Gasteiger partial charge in [-0.3, -0.25) is 0 Å². The first-order chi connectivity index (χ1) is 8.23. The summed E-state index contributed by atoms with van der Waals surface area (Å²) in [6.45, 7) is 9.18. The van der Waals surface area contributed by atoms with E-state index in [2.05, 4.69) is 37.7 Å². The molecule has 1 aliphatic carbocycles. The van der Waals surface area contributed by atoms with E-state index >= 15 is 0 Å². The van der Waals surface area contributed by atoms with Gasteiger partial charge in [0.05, 0.1) is 5.75 Å². The minimum absolute atomic E-state index is 0.100. The fourth-order valence-electron chi connectivity index (χ4n) is 2.47. The Hall–Kier alpha value is -0.130. The third-order valence-electron chi connectivity index (χ3n) is 3.72. The van der Waals surface area contributed by atoms with Crippen molar-refractivity contribution in [1.29, 1.82) is 0 Å². The highest BCUT2D eigenvalue weighted by Gasteiger charge is 2.36. The summed E-state index contributed by atoms with van der Waals surface area (Å²) in [4.78, 5) is 0. The van der Waals surface area contributed by atoms with E-state index in [0.29, 0.717) is 12.5 Å². The summed E-state index contributed by atoms with van der Waals surface area (Å²) in [5.41, 5.74) is 0.100. The summed E-state index contributed by atoms with van der Waals surface area (Å²) < 4.78 is 26.8. The summed E-state index contributed by atoms with van der Waals surface area (Å²) in [5.74, 6) is 0.222. The molecular formula is C13H28N2O2S. The van der Waals surface area contributed by atoms with Crippen LogP contribution >= 0.6 is 0 Å². The summed E-state index contributed by atoms with van der Waals surface area (Å²) in [7, 11) is -3.12. The molecule has 108 valence electrons. The zero-order valence-electron chi connectivity index (χ0n) is 12.1. The van der Waals surface area contributed by atoms with Gasteiger partial charge in [0.15, 0.2) is 0 Å². The van der Waals surface area contributed by atoms with Crippen molar-refractivity contribution in [1.82, 2.24) is 10.0 Å². The van der Waals surface area contributed by atoms with Crippen LogP contribution in [0.2, 0.25) is 0 Å². The molecule has 1 aliphatic rings. The zero-order valence-corrected chi connectivity index (χ0v) is 12.9. The van der Waals surface area contributed by atoms with Crippen LogP contribution in [0.15, 0.2) is 0 Å². The number of hydrogen-bond donors (Lipinski definition) is 2. The minimum Gasteiger partial charge on any atom is -0.314 e. The maximum Gasteiger partial charge on any atom is 0.211 e. The highest BCUT2D eigenvalue weighted by Crippen LogP contribution is 2.37. The minimum atomic E-state index is -3.12. The number of rotatable bonds is 7. The topological polar surface area (TPSA) is 58.2 Å². The normalized spacial score (nSPS) is 23.7. The van der Waals surface area contributed by atoms with Crippen molar-refractivity contribution in [2.75, 3.05) is 12.3 Å². The molecule has 0 radical (unpaired) electrons. The van der Waals surface area contributed by atoms with Crippen molar-refractivity contribution in [2.45, 2.75) is 65.5 Å². The van der Waals surface area contributed by atoms with E-state index in [4.69, 9.17) is 0 Å². The van der Waals surface area contributed by atoms with Gasteiger partial charge in [-0.2, -0.15) is 0 Å². The molecule has 0 saturated heterocycles. The third-order valence-corrected chi connectivity index (χ3v) is 5.19. The quantitative estimate of drug-likeness (QED) is 0.698. The standard InChI is InChI=1S/C13H28N2O2S/c1-11(2)14-9-6-10-18(16,17)15-12-7-5-8-13(12,3)4/h11-12,14-15H,5-10H2,1-4H3. The average molecular weight is 276 g/mol. The molecule has 1 fully saturated rings. The molecule has 0 amide bonds. The Bertz CT molecular complexity index is 350. The molecule has 0 spiro atoms. The van der Waals surface area contributed by atoms with Gasteiger partial charge >= 0.3 is 0 Å². The van der Waals surface area contributed by atoms with Crippen LogP contribution in [0.25, 0.3) is 0 Å². The molecule has 1 saturated carbocycles. The first-order valence-corrected chi connectivity index (χ1v) is 8.61. The molecule has 18 heavy (non-hydrogen) atoms. The summed E-state index contributed by atoms with van der Waals surface area (Å²) in [6, 6.07) is 0.523. The van der Waals surface area contributed by atoms with Gasteiger partial charge in [-0.05, 0) is 31.2 Å². The Morgan fingerprint density at radius 1 is 1.33 bits per heavy atom. The van der Waals surface area contributed by atoms with Crippen LogP contribution in [-0.2, 0) is 10.0 Å². The van der Waals surface area contributed by atoms with Crippen LogP contribution in [0.4, 0.5) is 0 Å². The van der Waals surface area contributed by atoms with Crippen LogP contribution in [0.3, 0.4) is 0 Å². The number of sulfonamides is 1. The predicted molar refractivity (Wildman–Crippen MR) is 76.1 cm³/mol. The smallest absolute Gasteiger partial charge is 0.211 e. The molecule has 4 nitrogen and oxygen atoms in total. The fourth-order valence-corrected chi connectivity index (χ4v) is 3.99. The van der Waals surface area contributed by atoms with Gasteiger partial charge in [0.2, 0.25) is 10.0 Å². The second-order valence-electron chi connectivity index (χ2n) is 6.33. The molecule has 0 aromatic heterocycles. The van der Waals surface area contributed by atoms with Crippen molar-refractivity contribution in [3.63, 3.8) is 0 Å². The molecule has 2 N–H and O–H groups in total. The lowest BCUT2D eigenvalue weighted by atomic mass is 9.88. The Balaban J connectivity index is 2.36. The van der Waals surface area contributed by atoms with Gasteiger partial charge in [-0.1, -0.05) is 34.1 Å². The van der Waals surface area contributed by atoms with E-state index in [0.717, 1.165) is 25.8 Å². The highest BCUT2D eigenvalue weighted by atomic mass is 32.2. The first-order valence-electron chi connectivity index (χ1n) is 6.96. The van der Waals surface area contributed by atoms with Gasteiger partial charge in [-0.15, -0.1) is 0 Å². The Kier molecular flexibility index (Phi) is 5.62. The van der Waals surface area contributed by atoms with Gasteiger partial charge in [0, 0.05) is 12.1 Å². The second-order valence-corrected chi connectivity index (χ2v) is 8.21. The molecule has 1 rings (SSSR count). The number of hydrogen-bond acceptors (Lipinski definition) is 3. The van der Waals surface area contributed by atoms with E-state index in [1.54, 1.807) is 0 Å². The van der Waals surface area contributed by atoms with Crippen LogP contribution in [0.5, 0.6) is 0 Å². The lowest BCUT2D eigenvalue weighted by Crippen LogP contribution is -2.42. The molecular weight excluding hydrogens is 248 g/mol. The van der Waals surface area contributed by atoms with Gasteiger partial charge in [0.1, 0.15) is 0 Å². The molecule has 5 heteroatoms. The van der Waals surface area contributed by atoms with Gasteiger partial charge in [-0.25, -0.2) is 13.1 Å². The molecule has 0 aliphatic heterocycles. The third kappa shape index (κ3) is 5.24. The van der Waals surface area contributed by atoms with Crippen molar-refractivity contribution in [3.05, 3.63) is 0 Å². The largest absolute Gasteiger partial charge is 0.314 e. The molecule has 0 aromatic rings. The van der Waals surface area contributed by atoms with Crippen LogP contribution in [0, 0.1) is 5.41 Å². The summed E-state index contributed by atoms with van der Waals surface area (Å²) in [6.07, 6.45) is 3.86. The van der Waals surface area contributed by atoms with E-state index in [1.165, 1.54) is 0 Å². The molecule has 1 unspecified atom stereocenters. The number of nitrogens with one attached hydrogen (secondary N) is 2. The highest BCUT2D eigenvalue weighted by molar-refractivity contribution is 7.89. The predicted octanol–water partition coefficient (Wildman–Crippen LogP) is 1.87. The summed E-state index contributed by atoms with van der Waals surface area (Å²) in [5, 5.41) is 3.24.